The minimum absolute atomic E-state index is 0.110. The minimum atomic E-state index is 0.110. The fraction of sp³-hybridized carbons (Fsp3) is 0.550. The quantitative estimate of drug-likeness (QED) is 0.928. The molecule has 1 amide bonds. The molecule has 0 unspecified atom stereocenters. The van der Waals surface area contributed by atoms with Crippen LogP contribution in [0.2, 0.25) is 0 Å². The van der Waals surface area contributed by atoms with Crippen LogP contribution in [0.3, 0.4) is 0 Å². The molecule has 0 atom stereocenters. The van der Waals surface area contributed by atoms with Crippen molar-refractivity contribution >= 4 is 22.8 Å². The first-order valence-corrected chi connectivity index (χ1v) is 9.21. The Morgan fingerprint density at radius 3 is 2.64 bits per heavy atom. The van der Waals surface area contributed by atoms with Gasteiger partial charge in [0.1, 0.15) is 0 Å². The fourth-order valence-electron chi connectivity index (χ4n) is 3.32. The highest BCUT2D eigenvalue weighted by atomic mass is 16.1. The number of aryl methyl sites for hydroxylation is 2. The van der Waals surface area contributed by atoms with Crippen LogP contribution in [0, 0.1) is 25.7 Å². The molecule has 1 saturated heterocycles. The summed E-state index contributed by atoms with van der Waals surface area (Å²) in [6.07, 6.45) is 1.72. The summed E-state index contributed by atoms with van der Waals surface area (Å²) >= 11 is 0. The van der Waals surface area contributed by atoms with Gasteiger partial charge in [-0.2, -0.15) is 0 Å². The van der Waals surface area contributed by atoms with Crippen LogP contribution in [-0.4, -0.2) is 35.5 Å². The van der Waals surface area contributed by atoms with Gasteiger partial charge in [0.25, 0.3) is 0 Å². The Morgan fingerprint density at radius 1 is 1.24 bits per heavy atom. The van der Waals surface area contributed by atoms with E-state index in [-0.39, 0.29) is 11.8 Å². The number of nitrogens with one attached hydrogen (secondary N) is 1. The van der Waals surface area contributed by atoms with Gasteiger partial charge in [-0.25, -0.2) is 9.97 Å². The Labute approximate surface area is 149 Å². The van der Waals surface area contributed by atoms with Gasteiger partial charge in [-0.1, -0.05) is 26.0 Å². The minimum Gasteiger partial charge on any atom is -0.356 e. The lowest BCUT2D eigenvalue weighted by Crippen LogP contribution is -2.42. The Kier molecular flexibility index (Phi) is 5.21. The molecule has 0 radical (unpaired) electrons. The Bertz CT molecular complexity index is 764. The number of nitrogens with zero attached hydrogens (tertiary/aromatic N) is 3. The second-order valence-corrected chi connectivity index (χ2v) is 7.53. The van der Waals surface area contributed by atoms with Crippen LogP contribution in [0.5, 0.6) is 0 Å². The highest BCUT2D eigenvalue weighted by Gasteiger charge is 2.26. The summed E-state index contributed by atoms with van der Waals surface area (Å²) in [6, 6.07) is 6.30. The van der Waals surface area contributed by atoms with Gasteiger partial charge in [0.15, 0.2) is 0 Å². The molecule has 0 aliphatic carbocycles. The fourth-order valence-corrected chi connectivity index (χ4v) is 3.32. The van der Waals surface area contributed by atoms with Crippen molar-refractivity contribution < 1.29 is 4.79 Å². The van der Waals surface area contributed by atoms with Gasteiger partial charge in [-0.05, 0) is 44.2 Å². The van der Waals surface area contributed by atoms with Crippen molar-refractivity contribution in [3.05, 3.63) is 29.5 Å². The third kappa shape index (κ3) is 4.09. The standard InChI is InChI=1S/C20H28N4O/c1-13(2)12-21-19(25)16-7-9-24(10-8-16)20-22-15(4)17-6-5-14(3)11-18(17)23-20/h5-6,11,13,16H,7-10,12H2,1-4H3,(H,21,25). The number of rotatable bonds is 4. The van der Waals surface area contributed by atoms with Gasteiger partial charge in [-0.15, -0.1) is 0 Å². The molecule has 0 bridgehead atoms. The summed E-state index contributed by atoms with van der Waals surface area (Å²) in [5.74, 6) is 1.58. The topological polar surface area (TPSA) is 58.1 Å². The number of carbonyl (C=O) groups excluding carboxylic acids is 1. The third-order valence-electron chi connectivity index (χ3n) is 4.86. The normalized spacial score (nSPS) is 15.8. The molecule has 3 rings (SSSR count). The first kappa shape index (κ1) is 17.6. The van der Waals surface area contributed by atoms with E-state index in [1.54, 1.807) is 0 Å². The number of piperidine rings is 1. The van der Waals surface area contributed by atoms with Crippen molar-refractivity contribution in [3.63, 3.8) is 0 Å². The second-order valence-electron chi connectivity index (χ2n) is 7.53. The number of hydrogen-bond donors (Lipinski definition) is 1. The molecule has 1 N–H and O–H groups in total. The highest BCUT2D eigenvalue weighted by molar-refractivity contribution is 5.82. The number of benzene rings is 1. The first-order chi connectivity index (χ1) is 11.9. The zero-order chi connectivity index (χ0) is 18.0. The van der Waals surface area contributed by atoms with Crippen molar-refractivity contribution in [2.45, 2.75) is 40.5 Å². The van der Waals surface area contributed by atoms with E-state index < -0.39 is 0 Å². The lowest BCUT2D eigenvalue weighted by Gasteiger charge is -2.31. The van der Waals surface area contributed by atoms with E-state index in [0.717, 1.165) is 55.0 Å². The van der Waals surface area contributed by atoms with Crippen molar-refractivity contribution in [2.24, 2.45) is 11.8 Å². The monoisotopic (exact) mass is 340 g/mol. The van der Waals surface area contributed by atoms with Crippen molar-refractivity contribution in [1.29, 1.82) is 0 Å². The van der Waals surface area contributed by atoms with Crippen LogP contribution in [0.25, 0.3) is 10.9 Å². The Morgan fingerprint density at radius 2 is 1.96 bits per heavy atom. The molecule has 134 valence electrons. The lowest BCUT2D eigenvalue weighted by atomic mass is 9.96. The molecule has 2 aromatic rings. The van der Waals surface area contributed by atoms with Gasteiger partial charge < -0.3 is 10.2 Å². The zero-order valence-corrected chi connectivity index (χ0v) is 15.7. The summed E-state index contributed by atoms with van der Waals surface area (Å²) in [5.41, 5.74) is 3.22. The van der Waals surface area contributed by atoms with Crippen LogP contribution >= 0.6 is 0 Å². The molecule has 25 heavy (non-hydrogen) atoms. The van der Waals surface area contributed by atoms with Gasteiger partial charge in [-0.3, -0.25) is 4.79 Å². The molecule has 1 aromatic carbocycles. The summed E-state index contributed by atoms with van der Waals surface area (Å²) < 4.78 is 0. The highest BCUT2D eigenvalue weighted by Crippen LogP contribution is 2.24. The van der Waals surface area contributed by atoms with Crippen LogP contribution in [0.15, 0.2) is 18.2 Å². The number of amides is 1. The third-order valence-corrected chi connectivity index (χ3v) is 4.86. The summed E-state index contributed by atoms with van der Waals surface area (Å²) in [4.78, 5) is 23.9. The summed E-state index contributed by atoms with van der Waals surface area (Å²) in [6.45, 7) is 10.8. The molecule has 5 nitrogen and oxygen atoms in total. The van der Waals surface area contributed by atoms with Crippen molar-refractivity contribution in [3.8, 4) is 0 Å². The van der Waals surface area contributed by atoms with Gasteiger partial charge in [0.05, 0.1) is 11.2 Å². The van der Waals surface area contributed by atoms with Crippen LogP contribution < -0.4 is 10.2 Å². The van der Waals surface area contributed by atoms with E-state index >= 15 is 0 Å². The molecule has 0 spiro atoms. The predicted molar refractivity (Wildman–Crippen MR) is 102 cm³/mol. The van der Waals surface area contributed by atoms with Gasteiger partial charge in [0.2, 0.25) is 11.9 Å². The summed E-state index contributed by atoms with van der Waals surface area (Å²) in [5, 5.41) is 4.17. The van der Waals surface area contributed by atoms with Crippen LogP contribution in [0.4, 0.5) is 5.95 Å². The SMILES string of the molecule is Cc1ccc2c(C)nc(N3CCC(C(=O)NCC(C)C)CC3)nc2c1. The van der Waals surface area contributed by atoms with E-state index in [9.17, 15) is 4.79 Å². The van der Waals surface area contributed by atoms with E-state index in [1.807, 2.05) is 6.92 Å². The maximum Gasteiger partial charge on any atom is 0.226 e. The van der Waals surface area contributed by atoms with Crippen molar-refractivity contribution in [1.82, 2.24) is 15.3 Å². The number of hydrogen-bond acceptors (Lipinski definition) is 4. The number of anilines is 1. The second kappa shape index (κ2) is 7.38. The molecule has 1 aliphatic rings. The average Bonchev–Trinajstić information content (AvgIpc) is 2.59. The molecule has 5 heteroatoms. The predicted octanol–water partition coefficient (Wildman–Crippen LogP) is 3.24. The number of carbonyl (C=O) groups is 1. The Balaban J connectivity index is 1.68. The maximum atomic E-state index is 12.3. The van der Waals surface area contributed by atoms with E-state index in [4.69, 9.17) is 9.97 Å². The Hall–Kier alpha value is -2.17. The van der Waals surface area contributed by atoms with E-state index in [0.29, 0.717) is 5.92 Å². The molecule has 0 saturated carbocycles. The smallest absolute Gasteiger partial charge is 0.226 e. The molecule has 1 fully saturated rings. The number of fused-ring (bicyclic) bond motifs is 1. The van der Waals surface area contributed by atoms with E-state index in [1.165, 1.54) is 5.56 Å². The zero-order valence-electron chi connectivity index (χ0n) is 15.7. The first-order valence-electron chi connectivity index (χ1n) is 9.21. The molecule has 1 aromatic heterocycles. The largest absolute Gasteiger partial charge is 0.356 e. The lowest BCUT2D eigenvalue weighted by molar-refractivity contribution is -0.125. The maximum absolute atomic E-state index is 12.3. The average molecular weight is 340 g/mol. The molecule has 2 heterocycles. The summed E-state index contributed by atoms with van der Waals surface area (Å²) in [7, 11) is 0. The molecular weight excluding hydrogens is 312 g/mol. The van der Waals surface area contributed by atoms with Crippen molar-refractivity contribution in [2.75, 3.05) is 24.5 Å². The van der Waals surface area contributed by atoms with Crippen LogP contribution in [0.1, 0.15) is 37.9 Å². The van der Waals surface area contributed by atoms with E-state index in [2.05, 4.69) is 49.2 Å². The molecule has 1 aliphatic heterocycles. The van der Waals surface area contributed by atoms with Crippen LogP contribution in [-0.2, 0) is 4.79 Å². The number of aromatic nitrogens is 2. The van der Waals surface area contributed by atoms with Gasteiger partial charge in [0, 0.05) is 30.9 Å². The van der Waals surface area contributed by atoms with Gasteiger partial charge >= 0.3 is 0 Å². The molecular formula is C20H28N4O.